The van der Waals surface area contributed by atoms with Gasteiger partial charge in [-0.3, -0.25) is 0 Å². The van der Waals surface area contributed by atoms with Gasteiger partial charge in [0.2, 0.25) is 0 Å². The number of para-hydroxylation sites is 1. The van der Waals surface area contributed by atoms with Gasteiger partial charge in [0.15, 0.2) is 0 Å². The molecule has 0 saturated heterocycles. The second-order valence-electron chi connectivity index (χ2n) is 10.9. The van der Waals surface area contributed by atoms with Gasteiger partial charge in [-0.1, -0.05) is 145 Å². The first-order chi connectivity index (χ1) is 31.6. The molecular weight excluding hydrogens is 569 g/mol. The molecular formula is C46H28O. The molecule has 10 rings (SSSR count). The lowest BCUT2D eigenvalue weighted by atomic mass is 9.85. The monoisotopic (exact) mass is 616 g/mol. The number of hydrogen-bond donors (Lipinski definition) is 0. The molecule has 9 aromatic carbocycles. The lowest BCUT2D eigenvalue weighted by molar-refractivity contribution is 0.669. The maximum absolute atomic E-state index is 9.34. The van der Waals surface area contributed by atoms with Crippen molar-refractivity contribution in [3.63, 3.8) is 0 Å². The van der Waals surface area contributed by atoms with Crippen molar-refractivity contribution in [2.24, 2.45) is 0 Å². The summed E-state index contributed by atoms with van der Waals surface area (Å²) in [6.45, 7) is 0. The van der Waals surface area contributed by atoms with E-state index in [1.165, 1.54) is 48.5 Å². The van der Waals surface area contributed by atoms with Crippen LogP contribution in [0.1, 0.15) is 27.4 Å². The molecule has 0 amide bonds. The molecule has 0 spiro atoms. The number of furan rings is 1. The molecule has 47 heavy (non-hydrogen) atoms. The largest absolute Gasteiger partial charge is 0.456 e. The SMILES string of the molecule is [2H]c1cc2c(-c3cc([2H])c(-c4c([2H])c([2H])c5oc6c([2H])c([2H])c([2H])c([2H])c6c5c4[2H])c([2H])c3)c3cc([2H])c([2H])cc3c(-c3cc([2H])c4c(c3)c([2H])c([2H])c3c([2H])c([2H])c([2H])c([2H])c34)c2cc1[2H]. The van der Waals surface area contributed by atoms with Gasteiger partial charge in [0.1, 0.15) is 11.2 Å². The fourth-order valence-electron chi connectivity index (χ4n) is 6.28. The van der Waals surface area contributed by atoms with E-state index in [0.29, 0.717) is 5.56 Å². The molecule has 0 N–H and O–H groups in total. The highest BCUT2D eigenvalue weighted by Crippen LogP contribution is 2.45. The lowest BCUT2D eigenvalue weighted by Gasteiger charge is -2.18. The van der Waals surface area contributed by atoms with E-state index < -0.39 is 90.6 Å². The van der Waals surface area contributed by atoms with Gasteiger partial charge in [-0.05, 0) is 101 Å². The van der Waals surface area contributed by atoms with Crippen molar-refractivity contribution in [3.8, 4) is 33.4 Å². The molecule has 1 heteroatoms. The normalized spacial score (nSPS) is 17.8. The molecule has 0 aliphatic carbocycles. The molecule has 0 unspecified atom stereocenters. The van der Waals surface area contributed by atoms with Gasteiger partial charge in [0, 0.05) is 10.8 Å². The van der Waals surface area contributed by atoms with Gasteiger partial charge < -0.3 is 4.42 Å². The van der Waals surface area contributed by atoms with E-state index in [2.05, 4.69) is 0 Å². The van der Waals surface area contributed by atoms with Crippen molar-refractivity contribution in [3.05, 3.63) is 169 Å². The molecule has 218 valence electrons. The van der Waals surface area contributed by atoms with E-state index in [-0.39, 0.29) is 123 Å². The summed E-state index contributed by atoms with van der Waals surface area (Å²) in [4.78, 5) is 0. The minimum absolute atomic E-state index is 0.000924. The average molecular weight is 617 g/mol. The zero-order valence-electron chi connectivity index (χ0n) is 44.0. The molecule has 0 aliphatic heterocycles. The van der Waals surface area contributed by atoms with Gasteiger partial charge in [0.25, 0.3) is 0 Å². The average Bonchev–Trinajstić information content (AvgIpc) is 3.69. The fourth-order valence-corrected chi connectivity index (χ4v) is 6.28. The van der Waals surface area contributed by atoms with Crippen molar-refractivity contribution in [1.82, 2.24) is 0 Å². The van der Waals surface area contributed by atoms with Crippen LogP contribution in [0.3, 0.4) is 0 Å². The summed E-state index contributed by atoms with van der Waals surface area (Å²) in [5.74, 6) is 0. The second kappa shape index (κ2) is 10.2. The highest BCUT2D eigenvalue weighted by molar-refractivity contribution is 6.22. The molecule has 0 atom stereocenters. The number of benzene rings is 9. The zero-order valence-corrected chi connectivity index (χ0v) is 24.0. The highest BCUT2D eigenvalue weighted by Gasteiger charge is 2.17. The fraction of sp³-hybridized carbons (Fsp3) is 0. The second-order valence-corrected chi connectivity index (χ2v) is 10.9. The van der Waals surface area contributed by atoms with Gasteiger partial charge in [-0.15, -0.1) is 0 Å². The Morgan fingerprint density at radius 3 is 1.66 bits per heavy atom. The third kappa shape index (κ3) is 4.03. The summed E-state index contributed by atoms with van der Waals surface area (Å²) < 4.78 is 181. The lowest BCUT2D eigenvalue weighted by Crippen LogP contribution is -1.91. The third-order valence-electron chi connectivity index (χ3n) is 8.35. The first-order valence-electron chi connectivity index (χ1n) is 24.5. The van der Waals surface area contributed by atoms with Gasteiger partial charge in [-0.2, -0.15) is 0 Å². The smallest absolute Gasteiger partial charge is 0.135 e. The van der Waals surface area contributed by atoms with Crippen LogP contribution in [0.5, 0.6) is 0 Å². The molecule has 1 nitrogen and oxygen atoms in total. The Morgan fingerprint density at radius 1 is 0.340 bits per heavy atom. The van der Waals surface area contributed by atoms with Crippen LogP contribution >= 0.6 is 0 Å². The van der Waals surface area contributed by atoms with E-state index in [1.54, 1.807) is 0 Å². The molecule has 0 aliphatic rings. The van der Waals surface area contributed by atoms with Crippen LogP contribution < -0.4 is 0 Å². The Balaban J connectivity index is 1.28. The zero-order chi connectivity index (χ0) is 48.3. The molecule has 1 heterocycles. The summed E-state index contributed by atoms with van der Waals surface area (Å²) in [6, 6.07) is 2.03. The van der Waals surface area contributed by atoms with Crippen molar-refractivity contribution < 1.29 is 31.8 Å². The van der Waals surface area contributed by atoms with Crippen molar-refractivity contribution >= 4 is 65.0 Å². The first-order valence-corrected chi connectivity index (χ1v) is 14.5. The third-order valence-corrected chi connectivity index (χ3v) is 8.35. The standard InChI is InChI=1S/C46H28O/c1-2-10-35-30(9-1)19-22-33-27-34(23-25-36(33)35)46-40-14-5-3-12-38(40)45(39-13-4-6-15-41(39)46)31-20-17-29(18-21-31)32-24-26-44-42(28-32)37-11-7-8-16-43(37)47-44/h1-28H/i1D,2D,3D,4D,5D,6D,7D,8D,9D,10D,11D,16D,17D,18D,19D,22D,24D,25D,26D,28D. The predicted molar refractivity (Wildman–Crippen MR) is 200 cm³/mol. The quantitative estimate of drug-likeness (QED) is 0.142. The molecule has 10 aromatic rings. The molecule has 0 saturated carbocycles. The van der Waals surface area contributed by atoms with Crippen LogP contribution in [0.2, 0.25) is 0 Å². The maximum Gasteiger partial charge on any atom is 0.135 e. The van der Waals surface area contributed by atoms with Gasteiger partial charge in [-0.25, -0.2) is 0 Å². The Bertz CT molecular complexity index is 3900. The number of hydrogen-bond acceptors (Lipinski definition) is 1. The summed E-state index contributed by atoms with van der Waals surface area (Å²) in [6.07, 6.45) is 0. The molecule has 0 radical (unpaired) electrons. The first kappa shape index (κ1) is 13.3. The van der Waals surface area contributed by atoms with E-state index in [1.807, 2.05) is 0 Å². The Hall–Kier alpha value is -6.18. The summed E-state index contributed by atoms with van der Waals surface area (Å²) in [5, 5.41) is 0.402. The van der Waals surface area contributed by atoms with Crippen LogP contribution in [0.4, 0.5) is 0 Å². The number of rotatable bonds is 3. The van der Waals surface area contributed by atoms with Crippen molar-refractivity contribution in [1.29, 1.82) is 0 Å². The van der Waals surface area contributed by atoms with Crippen LogP contribution in [0, 0.1) is 0 Å². The Morgan fingerprint density at radius 2 is 0.915 bits per heavy atom. The van der Waals surface area contributed by atoms with E-state index in [4.69, 9.17) is 26.3 Å². The van der Waals surface area contributed by atoms with Crippen LogP contribution in [-0.2, 0) is 0 Å². The number of fused-ring (bicyclic) bond motifs is 8. The predicted octanol–water partition coefficient (Wildman–Crippen LogP) is 13.2. The summed E-state index contributed by atoms with van der Waals surface area (Å²) >= 11 is 0. The van der Waals surface area contributed by atoms with Gasteiger partial charge >= 0.3 is 0 Å². The summed E-state index contributed by atoms with van der Waals surface area (Å²) in [5.41, 5.74) is -0.281. The minimum Gasteiger partial charge on any atom is -0.456 e. The van der Waals surface area contributed by atoms with Crippen LogP contribution in [0.15, 0.2) is 174 Å². The van der Waals surface area contributed by atoms with E-state index >= 15 is 0 Å². The van der Waals surface area contributed by atoms with E-state index in [0.717, 1.165) is 0 Å². The van der Waals surface area contributed by atoms with Crippen molar-refractivity contribution in [2.75, 3.05) is 0 Å². The molecule has 1 aromatic heterocycles. The van der Waals surface area contributed by atoms with Gasteiger partial charge in [0.05, 0.1) is 27.4 Å². The van der Waals surface area contributed by atoms with Crippen LogP contribution in [0.25, 0.3) is 98.4 Å². The summed E-state index contributed by atoms with van der Waals surface area (Å²) in [7, 11) is 0. The topological polar surface area (TPSA) is 13.1 Å². The Labute approximate surface area is 300 Å². The van der Waals surface area contributed by atoms with Crippen LogP contribution in [-0.4, -0.2) is 0 Å². The maximum atomic E-state index is 9.34. The minimum atomic E-state index is -0.613. The molecule has 0 bridgehead atoms. The highest BCUT2D eigenvalue weighted by atomic mass is 16.3. The Kier molecular flexibility index (Phi) is 2.87. The molecule has 0 fully saturated rings. The van der Waals surface area contributed by atoms with E-state index in [9.17, 15) is 5.48 Å². The van der Waals surface area contributed by atoms with Crippen molar-refractivity contribution in [2.45, 2.75) is 0 Å².